The molecule has 1 amide bonds. The first kappa shape index (κ1) is 14.4. The number of rotatable bonds is 5. The Morgan fingerprint density at radius 2 is 2.06 bits per heavy atom. The lowest BCUT2D eigenvalue weighted by Gasteiger charge is -2.30. The Morgan fingerprint density at radius 1 is 1.44 bits per heavy atom. The Hall–Kier alpha value is -1.62. The molecule has 3 N–H and O–H groups in total. The SMILES string of the molecule is CC(C)N(CC(N)=O)c1ccc(F)cc1[C@H](C)O. The van der Waals surface area contributed by atoms with E-state index in [-0.39, 0.29) is 12.6 Å². The van der Waals surface area contributed by atoms with E-state index in [1.54, 1.807) is 17.9 Å². The molecule has 1 rings (SSSR count). The predicted octanol–water partition coefficient (Wildman–Crippen LogP) is 1.58. The third-order valence-corrected chi connectivity index (χ3v) is 2.70. The summed E-state index contributed by atoms with van der Waals surface area (Å²) in [6.07, 6.45) is -0.815. The van der Waals surface area contributed by atoms with Crippen molar-refractivity contribution in [3.63, 3.8) is 0 Å². The fourth-order valence-corrected chi connectivity index (χ4v) is 1.84. The van der Waals surface area contributed by atoms with Gasteiger partial charge in [-0.2, -0.15) is 0 Å². The van der Waals surface area contributed by atoms with E-state index < -0.39 is 17.8 Å². The van der Waals surface area contributed by atoms with Crippen LogP contribution in [0.3, 0.4) is 0 Å². The minimum atomic E-state index is -0.815. The molecule has 1 aromatic rings. The van der Waals surface area contributed by atoms with Gasteiger partial charge in [0.25, 0.3) is 0 Å². The highest BCUT2D eigenvalue weighted by Gasteiger charge is 2.19. The van der Waals surface area contributed by atoms with Crippen LogP contribution in [0.5, 0.6) is 0 Å². The molecule has 0 aliphatic heterocycles. The molecule has 0 spiro atoms. The van der Waals surface area contributed by atoms with Crippen molar-refractivity contribution in [2.75, 3.05) is 11.4 Å². The van der Waals surface area contributed by atoms with Crippen molar-refractivity contribution < 1.29 is 14.3 Å². The molecule has 0 saturated carbocycles. The van der Waals surface area contributed by atoms with Crippen LogP contribution in [-0.2, 0) is 4.79 Å². The lowest BCUT2D eigenvalue weighted by molar-refractivity contribution is -0.116. The van der Waals surface area contributed by atoms with Gasteiger partial charge in [0, 0.05) is 17.3 Å². The summed E-state index contributed by atoms with van der Waals surface area (Å²) >= 11 is 0. The van der Waals surface area contributed by atoms with Gasteiger partial charge in [0.2, 0.25) is 5.91 Å². The van der Waals surface area contributed by atoms with Crippen molar-refractivity contribution in [1.82, 2.24) is 0 Å². The molecular weight excluding hydrogens is 235 g/mol. The third-order valence-electron chi connectivity index (χ3n) is 2.70. The lowest BCUT2D eigenvalue weighted by atomic mass is 10.1. The van der Waals surface area contributed by atoms with Crippen LogP contribution < -0.4 is 10.6 Å². The summed E-state index contributed by atoms with van der Waals surface area (Å²) in [6.45, 7) is 5.39. The molecule has 0 aliphatic rings. The number of nitrogens with two attached hydrogens (primary N) is 1. The first-order valence-corrected chi connectivity index (χ1v) is 5.85. The molecule has 100 valence electrons. The minimum Gasteiger partial charge on any atom is -0.389 e. The summed E-state index contributed by atoms with van der Waals surface area (Å²) in [6, 6.07) is 4.15. The molecule has 18 heavy (non-hydrogen) atoms. The summed E-state index contributed by atoms with van der Waals surface area (Å²) in [5, 5.41) is 9.68. The first-order chi connectivity index (χ1) is 8.32. The number of primary amides is 1. The largest absolute Gasteiger partial charge is 0.389 e. The van der Waals surface area contributed by atoms with E-state index in [9.17, 15) is 14.3 Å². The number of amides is 1. The van der Waals surface area contributed by atoms with E-state index in [2.05, 4.69) is 0 Å². The number of nitrogens with zero attached hydrogens (tertiary/aromatic N) is 1. The van der Waals surface area contributed by atoms with Crippen LogP contribution in [0.4, 0.5) is 10.1 Å². The third kappa shape index (κ3) is 3.43. The molecule has 0 aromatic heterocycles. The molecule has 0 saturated heterocycles. The average Bonchev–Trinajstić information content (AvgIpc) is 2.25. The van der Waals surface area contributed by atoms with Crippen LogP contribution in [0, 0.1) is 5.82 Å². The second kappa shape index (κ2) is 5.82. The number of aliphatic hydroxyl groups excluding tert-OH is 1. The molecule has 1 atom stereocenters. The van der Waals surface area contributed by atoms with Gasteiger partial charge >= 0.3 is 0 Å². The molecule has 0 aliphatic carbocycles. The van der Waals surface area contributed by atoms with Crippen LogP contribution in [-0.4, -0.2) is 23.6 Å². The molecule has 0 unspecified atom stereocenters. The maximum atomic E-state index is 13.2. The normalized spacial score (nSPS) is 12.6. The van der Waals surface area contributed by atoms with Crippen molar-refractivity contribution in [3.05, 3.63) is 29.6 Å². The van der Waals surface area contributed by atoms with Gasteiger partial charge in [0.1, 0.15) is 5.82 Å². The maximum Gasteiger partial charge on any atom is 0.236 e. The number of anilines is 1. The van der Waals surface area contributed by atoms with Crippen molar-refractivity contribution in [3.8, 4) is 0 Å². The fourth-order valence-electron chi connectivity index (χ4n) is 1.84. The zero-order chi connectivity index (χ0) is 13.9. The Bertz CT molecular complexity index is 433. The van der Waals surface area contributed by atoms with Gasteiger partial charge in [-0.15, -0.1) is 0 Å². The second-order valence-corrected chi connectivity index (χ2v) is 4.57. The summed E-state index contributed by atoms with van der Waals surface area (Å²) in [4.78, 5) is 12.8. The molecule has 5 heteroatoms. The van der Waals surface area contributed by atoms with Crippen LogP contribution >= 0.6 is 0 Å². The number of hydrogen-bond donors (Lipinski definition) is 2. The lowest BCUT2D eigenvalue weighted by Crippen LogP contribution is -2.39. The zero-order valence-corrected chi connectivity index (χ0v) is 10.9. The summed E-state index contributed by atoms with van der Waals surface area (Å²) in [5.74, 6) is -0.887. The highest BCUT2D eigenvalue weighted by Crippen LogP contribution is 2.28. The molecule has 0 radical (unpaired) electrons. The average molecular weight is 254 g/mol. The Balaban J connectivity index is 3.22. The number of halogens is 1. The number of aliphatic hydroxyl groups is 1. The van der Waals surface area contributed by atoms with Crippen molar-refractivity contribution in [2.24, 2.45) is 5.73 Å². The van der Waals surface area contributed by atoms with Gasteiger partial charge in [0.05, 0.1) is 12.6 Å². The van der Waals surface area contributed by atoms with E-state index >= 15 is 0 Å². The van der Waals surface area contributed by atoms with E-state index in [0.29, 0.717) is 11.3 Å². The van der Waals surface area contributed by atoms with Crippen LogP contribution in [0.25, 0.3) is 0 Å². The highest BCUT2D eigenvalue weighted by molar-refractivity contribution is 5.80. The summed E-state index contributed by atoms with van der Waals surface area (Å²) in [5.41, 5.74) is 6.28. The topological polar surface area (TPSA) is 66.6 Å². The van der Waals surface area contributed by atoms with Gasteiger partial charge in [-0.1, -0.05) is 0 Å². The number of carbonyl (C=O) groups is 1. The summed E-state index contributed by atoms with van der Waals surface area (Å²) in [7, 11) is 0. The van der Waals surface area contributed by atoms with Crippen LogP contribution in [0.1, 0.15) is 32.4 Å². The number of carbonyl (C=O) groups excluding carboxylic acids is 1. The predicted molar refractivity (Wildman–Crippen MR) is 68.7 cm³/mol. The van der Waals surface area contributed by atoms with Gasteiger partial charge in [-0.25, -0.2) is 4.39 Å². The summed E-state index contributed by atoms with van der Waals surface area (Å²) < 4.78 is 13.2. The minimum absolute atomic E-state index is 0.0143. The van der Waals surface area contributed by atoms with Crippen molar-refractivity contribution in [1.29, 1.82) is 0 Å². The smallest absolute Gasteiger partial charge is 0.236 e. The van der Waals surface area contributed by atoms with Gasteiger partial charge in [-0.05, 0) is 39.0 Å². The quantitative estimate of drug-likeness (QED) is 0.838. The second-order valence-electron chi connectivity index (χ2n) is 4.57. The first-order valence-electron chi connectivity index (χ1n) is 5.85. The van der Waals surface area contributed by atoms with Gasteiger partial charge < -0.3 is 15.7 Å². The fraction of sp³-hybridized carbons (Fsp3) is 0.462. The standard InChI is InChI=1S/C13H19FN2O2/c1-8(2)16(7-13(15)18)12-5-4-10(14)6-11(12)9(3)17/h4-6,8-9,17H,7H2,1-3H3,(H2,15,18)/t9-/m0/s1. The highest BCUT2D eigenvalue weighted by atomic mass is 19.1. The molecule has 1 aromatic carbocycles. The molecule has 4 nitrogen and oxygen atoms in total. The van der Waals surface area contributed by atoms with Gasteiger partial charge in [-0.3, -0.25) is 4.79 Å². The zero-order valence-electron chi connectivity index (χ0n) is 10.9. The molecule has 0 bridgehead atoms. The molecule has 0 fully saturated rings. The van der Waals surface area contributed by atoms with Crippen molar-refractivity contribution >= 4 is 11.6 Å². The van der Waals surface area contributed by atoms with Gasteiger partial charge in [0.15, 0.2) is 0 Å². The van der Waals surface area contributed by atoms with E-state index in [0.717, 1.165) is 0 Å². The monoisotopic (exact) mass is 254 g/mol. The molecular formula is C13H19FN2O2. The Morgan fingerprint density at radius 3 is 2.50 bits per heavy atom. The van der Waals surface area contributed by atoms with E-state index in [1.807, 2.05) is 13.8 Å². The van der Waals surface area contributed by atoms with E-state index in [1.165, 1.54) is 12.1 Å². The van der Waals surface area contributed by atoms with Crippen LogP contribution in [0.2, 0.25) is 0 Å². The van der Waals surface area contributed by atoms with Crippen LogP contribution in [0.15, 0.2) is 18.2 Å². The maximum absolute atomic E-state index is 13.2. The van der Waals surface area contributed by atoms with E-state index in [4.69, 9.17) is 5.73 Å². The molecule has 0 heterocycles. The van der Waals surface area contributed by atoms with Crippen molar-refractivity contribution in [2.45, 2.75) is 32.9 Å². The number of benzene rings is 1. The Labute approximate surface area is 106 Å². The Kier molecular flexibility index (Phi) is 4.67. The number of hydrogen-bond acceptors (Lipinski definition) is 3.